The average Bonchev–Trinajstić information content (AvgIpc) is 3.01. The Bertz CT molecular complexity index is 1000. The van der Waals surface area contributed by atoms with Gasteiger partial charge in [-0.1, -0.05) is 6.07 Å². The molecule has 0 radical (unpaired) electrons. The van der Waals surface area contributed by atoms with Gasteiger partial charge in [-0.2, -0.15) is 5.26 Å². The van der Waals surface area contributed by atoms with Crippen molar-refractivity contribution < 1.29 is 22.7 Å². The highest BCUT2D eigenvalue weighted by molar-refractivity contribution is 7.90. The molecular weight excluding hydrogens is 376 g/mol. The van der Waals surface area contributed by atoms with E-state index in [4.69, 9.17) is 10.00 Å². The average molecular weight is 392 g/mol. The van der Waals surface area contributed by atoms with E-state index in [0.717, 1.165) is 6.26 Å². The highest BCUT2D eigenvalue weighted by Crippen LogP contribution is 2.23. The van der Waals surface area contributed by atoms with Crippen LogP contribution in [0.1, 0.15) is 28.4 Å². The van der Waals surface area contributed by atoms with Gasteiger partial charge in [0.25, 0.3) is 5.91 Å². The number of nitriles is 1. The number of nitrogens with one attached hydrogen (secondary N) is 1. The number of carbonyl (C=O) groups is 2. The van der Waals surface area contributed by atoms with Crippen LogP contribution < -0.4 is 5.32 Å². The van der Waals surface area contributed by atoms with Crippen molar-refractivity contribution in [2.75, 3.05) is 11.6 Å². The molecule has 1 aromatic heterocycles. The lowest BCUT2D eigenvalue weighted by Gasteiger charge is -2.14. The van der Waals surface area contributed by atoms with Crippen molar-refractivity contribution in [2.45, 2.75) is 24.8 Å². The predicted octanol–water partition coefficient (Wildman–Crippen LogP) is 2.52. The number of aryl methyl sites for hydroxylation is 1. The van der Waals surface area contributed by atoms with Crippen molar-refractivity contribution in [3.05, 3.63) is 46.3 Å². The van der Waals surface area contributed by atoms with Crippen LogP contribution in [0.5, 0.6) is 0 Å². The SMILES string of the molecule is Cc1ccc(S(C)(=O)=O)cc1C(=O)O[C@H](C)C(=O)Nc1sccc1C#N. The molecule has 0 saturated heterocycles. The number of rotatable bonds is 5. The van der Waals surface area contributed by atoms with Crippen molar-refractivity contribution in [3.63, 3.8) is 0 Å². The Morgan fingerprint density at radius 2 is 2.00 bits per heavy atom. The summed E-state index contributed by atoms with van der Waals surface area (Å²) in [6, 6.07) is 7.64. The lowest BCUT2D eigenvalue weighted by atomic mass is 10.1. The van der Waals surface area contributed by atoms with Crippen LogP contribution in [-0.2, 0) is 19.4 Å². The van der Waals surface area contributed by atoms with Crippen LogP contribution in [-0.4, -0.2) is 32.7 Å². The molecule has 26 heavy (non-hydrogen) atoms. The van der Waals surface area contributed by atoms with Crippen LogP contribution >= 0.6 is 11.3 Å². The van der Waals surface area contributed by atoms with E-state index in [1.54, 1.807) is 18.4 Å². The number of anilines is 1. The summed E-state index contributed by atoms with van der Waals surface area (Å²) in [6.07, 6.45) is -0.0890. The van der Waals surface area contributed by atoms with Crippen molar-refractivity contribution in [2.24, 2.45) is 0 Å². The number of sulfone groups is 1. The van der Waals surface area contributed by atoms with Crippen LogP contribution in [0.25, 0.3) is 0 Å². The molecule has 0 aliphatic rings. The minimum absolute atomic E-state index is 0.00981. The molecule has 0 aliphatic heterocycles. The molecule has 1 amide bonds. The van der Waals surface area contributed by atoms with Crippen LogP contribution in [0.4, 0.5) is 5.00 Å². The fourth-order valence-corrected chi connectivity index (χ4v) is 3.42. The summed E-state index contributed by atoms with van der Waals surface area (Å²) < 4.78 is 28.4. The Morgan fingerprint density at radius 1 is 1.31 bits per heavy atom. The Balaban J connectivity index is 2.14. The van der Waals surface area contributed by atoms with Crippen molar-refractivity contribution in [1.29, 1.82) is 5.26 Å². The molecule has 2 aromatic rings. The third-order valence-electron chi connectivity index (χ3n) is 3.53. The first kappa shape index (κ1) is 19.6. The second-order valence-electron chi connectivity index (χ2n) is 5.56. The normalized spacial score (nSPS) is 12.1. The summed E-state index contributed by atoms with van der Waals surface area (Å²) >= 11 is 1.18. The Morgan fingerprint density at radius 3 is 2.62 bits per heavy atom. The van der Waals surface area contributed by atoms with Crippen molar-refractivity contribution in [3.8, 4) is 6.07 Å². The number of benzene rings is 1. The minimum Gasteiger partial charge on any atom is -0.449 e. The van der Waals surface area contributed by atoms with Crippen LogP contribution in [0.3, 0.4) is 0 Å². The maximum absolute atomic E-state index is 12.3. The molecule has 0 fully saturated rings. The Kier molecular flexibility index (Phi) is 5.79. The Hall–Kier alpha value is -2.70. The van der Waals surface area contributed by atoms with Gasteiger partial charge in [0.1, 0.15) is 11.1 Å². The molecule has 0 saturated carbocycles. The maximum atomic E-state index is 12.3. The van der Waals surface area contributed by atoms with E-state index in [1.165, 1.54) is 36.5 Å². The lowest BCUT2D eigenvalue weighted by molar-refractivity contribution is -0.123. The molecule has 136 valence electrons. The number of amides is 1. The summed E-state index contributed by atoms with van der Waals surface area (Å²) in [5.41, 5.74) is 0.917. The van der Waals surface area contributed by atoms with E-state index in [1.807, 2.05) is 6.07 Å². The van der Waals surface area contributed by atoms with E-state index in [2.05, 4.69) is 5.32 Å². The molecule has 0 bridgehead atoms. The van der Waals surface area contributed by atoms with E-state index in [9.17, 15) is 18.0 Å². The third-order valence-corrected chi connectivity index (χ3v) is 5.47. The van der Waals surface area contributed by atoms with Gasteiger partial charge >= 0.3 is 5.97 Å². The molecule has 1 N–H and O–H groups in total. The van der Waals surface area contributed by atoms with Gasteiger partial charge in [0.2, 0.25) is 0 Å². The zero-order chi connectivity index (χ0) is 19.5. The standard InChI is InChI=1S/C17H16N2O5S2/c1-10-4-5-13(26(3,22)23)8-14(10)17(21)24-11(2)15(20)19-16-12(9-18)6-7-25-16/h4-8,11H,1-3H3,(H,19,20)/t11-/m1/s1. The summed E-state index contributed by atoms with van der Waals surface area (Å²) in [7, 11) is -3.48. The first-order valence-corrected chi connectivity index (χ1v) is 10.2. The zero-order valence-corrected chi connectivity index (χ0v) is 15.9. The predicted molar refractivity (Wildman–Crippen MR) is 96.8 cm³/mol. The minimum atomic E-state index is -3.48. The lowest BCUT2D eigenvalue weighted by Crippen LogP contribution is -2.30. The second-order valence-corrected chi connectivity index (χ2v) is 8.49. The van der Waals surface area contributed by atoms with Gasteiger partial charge in [-0.3, -0.25) is 4.79 Å². The fourth-order valence-electron chi connectivity index (χ4n) is 2.04. The van der Waals surface area contributed by atoms with Gasteiger partial charge in [0.05, 0.1) is 16.0 Å². The van der Waals surface area contributed by atoms with Crippen LogP contribution in [0.2, 0.25) is 0 Å². The molecule has 2 rings (SSSR count). The van der Waals surface area contributed by atoms with Gasteiger partial charge in [-0.15, -0.1) is 11.3 Å². The Labute approximate surface area is 155 Å². The number of ether oxygens (including phenoxy) is 1. The van der Waals surface area contributed by atoms with E-state index < -0.39 is 27.8 Å². The van der Waals surface area contributed by atoms with Crippen LogP contribution in [0, 0.1) is 18.3 Å². The topological polar surface area (TPSA) is 113 Å². The highest BCUT2D eigenvalue weighted by Gasteiger charge is 2.22. The first-order chi connectivity index (χ1) is 12.1. The maximum Gasteiger partial charge on any atom is 0.339 e. The number of nitrogens with zero attached hydrogens (tertiary/aromatic N) is 1. The zero-order valence-electron chi connectivity index (χ0n) is 14.3. The molecular formula is C17H16N2O5S2. The fraction of sp³-hybridized carbons (Fsp3) is 0.235. The van der Waals surface area contributed by atoms with Crippen molar-refractivity contribution in [1.82, 2.24) is 0 Å². The number of hydrogen-bond donors (Lipinski definition) is 1. The molecule has 9 heteroatoms. The van der Waals surface area contributed by atoms with Gasteiger partial charge < -0.3 is 10.1 Å². The molecule has 1 atom stereocenters. The largest absolute Gasteiger partial charge is 0.449 e. The molecule has 0 unspecified atom stereocenters. The second kappa shape index (κ2) is 7.68. The number of thiophene rings is 1. The highest BCUT2D eigenvalue weighted by atomic mass is 32.2. The van der Waals surface area contributed by atoms with Gasteiger partial charge in [-0.05, 0) is 43.0 Å². The van der Waals surface area contributed by atoms with Crippen molar-refractivity contribution >= 4 is 38.1 Å². The summed E-state index contributed by atoms with van der Waals surface area (Å²) in [6.45, 7) is 3.03. The first-order valence-electron chi connectivity index (χ1n) is 7.43. The molecule has 1 heterocycles. The molecule has 0 spiro atoms. The summed E-state index contributed by atoms with van der Waals surface area (Å²) in [5.74, 6) is -1.39. The third kappa shape index (κ3) is 4.47. The van der Waals surface area contributed by atoms with Gasteiger partial charge in [0.15, 0.2) is 15.9 Å². The summed E-state index contributed by atoms with van der Waals surface area (Å²) in [5, 5.41) is 13.5. The van der Waals surface area contributed by atoms with Gasteiger partial charge in [0, 0.05) is 6.26 Å². The van der Waals surface area contributed by atoms with Gasteiger partial charge in [-0.25, -0.2) is 13.2 Å². The van der Waals surface area contributed by atoms with E-state index >= 15 is 0 Å². The number of esters is 1. The quantitative estimate of drug-likeness (QED) is 0.782. The smallest absolute Gasteiger partial charge is 0.339 e. The van der Waals surface area contributed by atoms with Crippen LogP contribution in [0.15, 0.2) is 34.5 Å². The molecule has 7 nitrogen and oxygen atoms in total. The summed E-state index contributed by atoms with van der Waals surface area (Å²) in [4.78, 5) is 24.5. The van der Waals surface area contributed by atoms with E-state index in [-0.39, 0.29) is 10.5 Å². The monoisotopic (exact) mass is 392 g/mol. The molecule has 1 aromatic carbocycles. The number of carbonyl (C=O) groups excluding carboxylic acids is 2. The number of hydrogen-bond acceptors (Lipinski definition) is 7. The molecule has 0 aliphatic carbocycles. The van der Waals surface area contributed by atoms with E-state index in [0.29, 0.717) is 16.1 Å².